The van der Waals surface area contributed by atoms with Crippen LogP contribution in [0.15, 0.2) is 66.9 Å². The molecule has 0 radical (unpaired) electrons. The van der Waals surface area contributed by atoms with Crippen molar-refractivity contribution < 1.29 is 24.3 Å². The van der Waals surface area contributed by atoms with Crippen LogP contribution in [0.3, 0.4) is 0 Å². The molecule has 0 aliphatic carbocycles. The van der Waals surface area contributed by atoms with Crippen molar-refractivity contribution in [2.24, 2.45) is 5.73 Å². The van der Waals surface area contributed by atoms with E-state index in [0.29, 0.717) is 11.9 Å². The second-order valence-electron chi connectivity index (χ2n) is 9.88. The maximum Gasteiger partial charge on any atom is 0.253 e. The standard InChI is InChI=1S/C29H34N6O5/c30-26(37)15-24(35-27(38)20-14-19-9-4-5-10-21(19)32-16-20)29(40)34-23(13-18-7-2-1-3-8-18)25(36)17-33-28(39)22-11-6-12-31-22/h1-5,7-10,14,16,22-25,31,36H,6,11-13,15,17H2,(H2,30,37)(H,33,39)(H,34,40)(H,35,38)/t22-,23-,24-,25+/m0/s1. The molecular formula is C29H34N6O5. The Balaban J connectivity index is 1.46. The van der Waals surface area contributed by atoms with Crippen LogP contribution in [0.5, 0.6) is 0 Å². The van der Waals surface area contributed by atoms with E-state index in [0.717, 1.165) is 23.9 Å². The highest BCUT2D eigenvalue weighted by molar-refractivity contribution is 6.00. The Bertz CT molecular complexity index is 1350. The number of benzene rings is 2. The summed E-state index contributed by atoms with van der Waals surface area (Å²) in [4.78, 5) is 54.9. The van der Waals surface area contributed by atoms with Crippen LogP contribution in [0.1, 0.15) is 35.2 Å². The Morgan fingerprint density at radius 3 is 2.52 bits per heavy atom. The number of aromatic nitrogens is 1. The number of nitrogens with one attached hydrogen (secondary N) is 4. The summed E-state index contributed by atoms with van der Waals surface area (Å²) in [7, 11) is 0. The van der Waals surface area contributed by atoms with E-state index < -0.39 is 42.3 Å². The monoisotopic (exact) mass is 546 g/mol. The van der Waals surface area contributed by atoms with Crippen molar-refractivity contribution >= 4 is 34.5 Å². The van der Waals surface area contributed by atoms with E-state index in [9.17, 15) is 24.3 Å². The van der Waals surface area contributed by atoms with Gasteiger partial charge >= 0.3 is 0 Å². The van der Waals surface area contributed by atoms with Crippen LogP contribution in [0.25, 0.3) is 10.9 Å². The van der Waals surface area contributed by atoms with Crippen molar-refractivity contribution in [3.05, 3.63) is 78.0 Å². The van der Waals surface area contributed by atoms with Gasteiger partial charge in [0.05, 0.1) is 35.7 Å². The van der Waals surface area contributed by atoms with Crippen LogP contribution in [0, 0.1) is 0 Å². The molecule has 0 bridgehead atoms. The highest BCUT2D eigenvalue weighted by atomic mass is 16.3. The number of amides is 4. The number of pyridine rings is 1. The van der Waals surface area contributed by atoms with Crippen molar-refractivity contribution in [3.63, 3.8) is 0 Å². The molecule has 40 heavy (non-hydrogen) atoms. The van der Waals surface area contributed by atoms with Gasteiger partial charge in [0.2, 0.25) is 17.7 Å². The fourth-order valence-corrected chi connectivity index (χ4v) is 4.66. The fourth-order valence-electron chi connectivity index (χ4n) is 4.66. The van der Waals surface area contributed by atoms with Crippen molar-refractivity contribution in [1.29, 1.82) is 0 Å². The fraction of sp³-hybridized carbons (Fsp3) is 0.345. The van der Waals surface area contributed by atoms with E-state index in [1.807, 2.05) is 54.6 Å². The van der Waals surface area contributed by atoms with Crippen LogP contribution < -0.4 is 27.0 Å². The predicted octanol–water partition coefficient (Wildman–Crippen LogP) is 0.165. The summed E-state index contributed by atoms with van der Waals surface area (Å²) in [5.41, 5.74) is 7.15. The molecule has 2 aromatic carbocycles. The molecule has 7 N–H and O–H groups in total. The van der Waals surface area contributed by atoms with Crippen LogP contribution >= 0.6 is 0 Å². The first-order valence-corrected chi connectivity index (χ1v) is 13.3. The predicted molar refractivity (Wildman–Crippen MR) is 149 cm³/mol. The minimum atomic E-state index is -1.29. The molecule has 3 aromatic rings. The molecule has 4 amide bonds. The number of primary amides is 1. The number of carbonyl (C=O) groups is 4. The molecule has 0 spiro atoms. The lowest BCUT2D eigenvalue weighted by Gasteiger charge is -2.27. The number of hydrogen-bond donors (Lipinski definition) is 6. The first-order valence-electron chi connectivity index (χ1n) is 13.3. The lowest BCUT2D eigenvalue weighted by molar-refractivity contribution is -0.128. The van der Waals surface area contributed by atoms with Gasteiger partial charge in [-0.1, -0.05) is 48.5 Å². The molecular weight excluding hydrogens is 512 g/mol. The largest absolute Gasteiger partial charge is 0.389 e. The zero-order chi connectivity index (χ0) is 28.5. The SMILES string of the molecule is NC(=O)C[C@H](NC(=O)c1cnc2ccccc2c1)C(=O)N[C@@H](Cc1ccccc1)[C@H](O)CNC(=O)[C@@H]1CCCN1. The van der Waals surface area contributed by atoms with Crippen molar-refractivity contribution in [2.45, 2.75) is 49.9 Å². The number of aliphatic hydroxyl groups is 1. The first kappa shape index (κ1) is 28.7. The second-order valence-corrected chi connectivity index (χ2v) is 9.88. The number of fused-ring (bicyclic) bond motifs is 1. The Hall–Kier alpha value is -4.35. The van der Waals surface area contributed by atoms with Gasteiger partial charge in [0.15, 0.2) is 0 Å². The molecule has 1 fully saturated rings. The molecule has 1 aliphatic rings. The lowest BCUT2D eigenvalue weighted by atomic mass is 10.00. The smallest absolute Gasteiger partial charge is 0.253 e. The second kappa shape index (κ2) is 13.6. The lowest BCUT2D eigenvalue weighted by Crippen LogP contribution is -2.56. The molecule has 4 atom stereocenters. The molecule has 1 aromatic heterocycles. The van der Waals surface area contributed by atoms with E-state index in [-0.39, 0.29) is 30.5 Å². The molecule has 11 nitrogen and oxygen atoms in total. The van der Waals surface area contributed by atoms with E-state index >= 15 is 0 Å². The number of para-hydroxylation sites is 1. The third-order valence-corrected chi connectivity index (χ3v) is 6.83. The number of rotatable bonds is 12. The van der Waals surface area contributed by atoms with Crippen LogP contribution in [-0.4, -0.2) is 71.0 Å². The van der Waals surface area contributed by atoms with Gasteiger partial charge in [0.25, 0.3) is 5.91 Å². The minimum Gasteiger partial charge on any atom is -0.389 e. The zero-order valence-corrected chi connectivity index (χ0v) is 22.0. The van der Waals surface area contributed by atoms with Gasteiger partial charge in [-0.15, -0.1) is 0 Å². The van der Waals surface area contributed by atoms with Gasteiger partial charge < -0.3 is 32.1 Å². The molecule has 210 valence electrons. The number of nitrogens with two attached hydrogens (primary N) is 1. The molecule has 1 saturated heterocycles. The normalized spacial score (nSPS) is 17.0. The van der Waals surface area contributed by atoms with Gasteiger partial charge in [-0.2, -0.15) is 0 Å². The maximum atomic E-state index is 13.4. The Labute approximate surface area is 231 Å². The van der Waals surface area contributed by atoms with E-state index in [1.54, 1.807) is 6.07 Å². The van der Waals surface area contributed by atoms with Crippen molar-refractivity contribution in [2.75, 3.05) is 13.1 Å². The van der Waals surface area contributed by atoms with Gasteiger partial charge in [0, 0.05) is 18.1 Å². The molecule has 0 unspecified atom stereocenters. The highest BCUT2D eigenvalue weighted by Crippen LogP contribution is 2.13. The summed E-state index contributed by atoms with van der Waals surface area (Å²) >= 11 is 0. The van der Waals surface area contributed by atoms with E-state index in [2.05, 4.69) is 26.3 Å². The quantitative estimate of drug-likeness (QED) is 0.188. The average Bonchev–Trinajstić information content (AvgIpc) is 3.50. The first-order chi connectivity index (χ1) is 19.3. The number of aliphatic hydroxyl groups excluding tert-OH is 1. The molecule has 0 saturated carbocycles. The van der Waals surface area contributed by atoms with Crippen LogP contribution in [0.2, 0.25) is 0 Å². The van der Waals surface area contributed by atoms with Crippen LogP contribution in [0.4, 0.5) is 0 Å². The van der Waals surface area contributed by atoms with Crippen molar-refractivity contribution in [1.82, 2.24) is 26.3 Å². The highest BCUT2D eigenvalue weighted by Gasteiger charge is 2.30. The average molecular weight is 547 g/mol. The Kier molecular flexibility index (Phi) is 9.76. The molecule has 4 rings (SSSR count). The van der Waals surface area contributed by atoms with Gasteiger partial charge in [-0.05, 0) is 43.5 Å². The Morgan fingerprint density at radius 2 is 1.80 bits per heavy atom. The number of hydrogen-bond acceptors (Lipinski definition) is 7. The Morgan fingerprint density at radius 1 is 1.05 bits per heavy atom. The molecule has 1 aliphatic heterocycles. The topological polar surface area (TPSA) is 176 Å². The van der Waals surface area contributed by atoms with Gasteiger partial charge in [-0.3, -0.25) is 24.2 Å². The maximum absolute atomic E-state index is 13.4. The zero-order valence-electron chi connectivity index (χ0n) is 22.0. The van der Waals surface area contributed by atoms with Gasteiger partial charge in [-0.25, -0.2) is 0 Å². The summed E-state index contributed by atoms with van der Waals surface area (Å²) < 4.78 is 0. The summed E-state index contributed by atoms with van der Waals surface area (Å²) in [5, 5.41) is 22.9. The third-order valence-electron chi connectivity index (χ3n) is 6.83. The van der Waals surface area contributed by atoms with E-state index in [4.69, 9.17) is 5.73 Å². The number of carbonyl (C=O) groups excluding carboxylic acids is 4. The summed E-state index contributed by atoms with van der Waals surface area (Å²) in [6, 6.07) is 15.7. The van der Waals surface area contributed by atoms with Crippen molar-refractivity contribution in [3.8, 4) is 0 Å². The van der Waals surface area contributed by atoms with E-state index in [1.165, 1.54) is 6.20 Å². The molecule has 2 heterocycles. The number of nitrogens with zero attached hydrogens (tertiary/aromatic N) is 1. The molecule has 11 heteroatoms. The van der Waals surface area contributed by atoms with Crippen LogP contribution in [-0.2, 0) is 20.8 Å². The minimum absolute atomic E-state index is 0.0929. The summed E-state index contributed by atoms with van der Waals surface area (Å²) in [5.74, 6) is -2.29. The summed E-state index contributed by atoms with van der Waals surface area (Å²) in [6.07, 6.45) is 1.65. The third kappa shape index (κ3) is 7.84. The summed E-state index contributed by atoms with van der Waals surface area (Å²) in [6.45, 7) is 0.667. The van der Waals surface area contributed by atoms with Gasteiger partial charge in [0.1, 0.15) is 6.04 Å².